The molecule has 0 amide bonds. The second kappa shape index (κ2) is 6.20. The molecular weight excluding hydrogens is 282 g/mol. The summed E-state index contributed by atoms with van der Waals surface area (Å²) in [6.07, 6.45) is 0. The van der Waals surface area contributed by atoms with E-state index in [0.717, 1.165) is 29.7 Å². The lowest BCUT2D eigenvalue weighted by Crippen LogP contribution is -2.18. The molecule has 0 atom stereocenters. The van der Waals surface area contributed by atoms with Gasteiger partial charge in [-0.2, -0.15) is 0 Å². The molecule has 4 nitrogen and oxygen atoms in total. The van der Waals surface area contributed by atoms with Gasteiger partial charge in [-0.1, -0.05) is 20.8 Å². The predicted molar refractivity (Wildman–Crippen MR) is 89.1 cm³/mol. The third kappa shape index (κ3) is 3.86. The minimum absolute atomic E-state index is 0.0586. The SMILES string of the molecule is CNCc1sc(N(C)Cc2ccc(C)o2)nc1C(C)(C)C. The Morgan fingerprint density at radius 1 is 1.33 bits per heavy atom. The molecule has 0 saturated carbocycles. The summed E-state index contributed by atoms with van der Waals surface area (Å²) in [6.45, 7) is 10.2. The summed E-state index contributed by atoms with van der Waals surface area (Å²) in [5.74, 6) is 1.92. The average molecular weight is 307 g/mol. The zero-order chi connectivity index (χ0) is 15.6. The van der Waals surface area contributed by atoms with Crippen LogP contribution in [0.3, 0.4) is 0 Å². The van der Waals surface area contributed by atoms with E-state index in [1.807, 2.05) is 26.1 Å². The summed E-state index contributed by atoms with van der Waals surface area (Å²) < 4.78 is 5.65. The Morgan fingerprint density at radius 2 is 2.05 bits per heavy atom. The van der Waals surface area contributed by atoms with E-state index in [4.69, 9.17) is 9.40 Å². The van der Waals surface area contributed by atoms with Gasteiger partial charge in [-0.15, -0.1) is 11.3 Å². The van der Waals surface area contributed by atoms with Gasteiger partial charge in [0, 0.05) is 23.9 Å². The third-order valence-corrected chi connectivity index (χ3v) is 4.42. The smallest absolute Gasteiger partial charge is 0.185 e. The highest BCUT2D eigenvalue weighted by molar-refractivity contribution is 7.15. The molecule has 0 unspecified atom stereocenters. The zero-order valence-corrected chi connectivity index (χ0v) is 14.6. The van der Waals surface area contributed by atoms with E-state index >= 15 is 0 Å². The van der Waals surface area contributed by atoms with Gasteiger partial charge in [-0.3, -0.25) is 0 Å². The first-order valence-corrected chi connectivity index (χ1v) is 8.04. The van der Waals surface area contributed by atoms with Gasteiger partial charge in [0.2, 0.25) is 0 Å². The van der Waals surface area contributed by atoms with Crippen molar-refractivity contribution in [1.82, 2.24) is 10.3 Å². The molecule has 21 heavy (non-hydrogen) atoms. The molecular formula is C16H25N3OS. The molecule has 0 aliphatic rings. The van der Waals surface area contributed by atoms with Crippen LogP contribution in [-0.4, -0.2) is 19.1 Å². The van der Waals surface area contributed by atoms with Crippen molar-refractivity contribution in [3.63, 3.8) is 0 Å². The van der Waals surface area contributed by atoms with Crippen molar-refractivity contribution >= 4 is 16.5 Å². The third-order valence-electron chi connectivity index (χ3n) is 3.25. The topological polar surface area (TPSA) is 41.3 Å². The molecule has 0 spiro atoms. The Morgan fingerprint density at radius 3 is 2.57 bits per heavy atom. The number of rotatable bonds is 5. The molecule has 0 radical (unpaired) electrons. The van der Waals surface area contributed by atoms with Crippen LogP contribution in [0.15, 0.2) is 16.5 Å². The molecule has 2 aromatic heterocycles. The second-order valence-electron chi connectivity index (χ2n) is 6.42. The van der Waals surface area contributed by atoms with Crippen molar-refractivity contribution in [1.29, 1.82) is 0 Å². The van der Waals surface area contributed by atoms with Gasteiger partial charge in [-0.25, -0.2) is 4.98 Å². The predicted octanol–water partition coefficient (Wildman–Crippen LogP) is 3.70. The fourth-order valence-electron chi connectivity index (χ4n) is 2.24. The van der Waals surface area contributed by atoms with Gasteiger partial charge in [-0.05, 0) is 26.1 Å². The molecule has 0 fully saturated rings. The number of nitrogens with one attached hydrogen (secondary N) is 1. The van der Waals surface area contributed by atoms with E-state index in [-0.39, 0.29) is 5.41 Å². The highest BCUT2D eigenvalue weighted by Gasteiger charge is 2.24. The summed E-state index contributed by atoms with van der Waals surface area (Å²) in [5.41, 5.74) is 1.24. The van der Waals surface area contributed by atoms with Crippen molar-refractivity contribution < 1.29 is 4.42 Å². The van der Waals surface area contributed by atoms with E-state index in [1.165, 1.54) is 10.6 Å². The molecule has 1 N–H and O–H groups in total. The summed E-state index contributed by atoms with van der Waals surface area (Å²) in [4.78, 5) is 8.32. The quantitative estimate of drug-likeness (QED) is 0.914. The summed E-state index contributed by atoms with van der Waals surface area (Å²) >= 11 is 1.76. The van der Waals surface area contributed by atoms with Crippen LogP contribution in [0.5, 0.6) is 0 Å². The summed E-state index contributed by atoms with van der Waals surface area (Å²) in [6, 6.07) is 4.02. The molecule has 2 rings (SSSR count). The highest BCUT2D eigenvalue weighted by atomic mass is 32.1. The Hall–Kier alpha value is -1.33. The van der Waals surface area contributed by atoms with Gasteiger partial charge in [0.05, 0.1) is 12.2 Å². The van der Waals surface area contributed by atoms with E-state index in [1.54, 1.807) is 11.3 Å². The van der Waals surface area contributed by atoms with E-state index in [0.29, 0.717) is 0 Å². The first-order chi connectivity index (χ1) is 9.81. The Bertz CT molecular complexity index is 595. The summed E-state index contributed by atoms with van der Waals surface area (Å²) in [7, 11) is 4.04. The van der Waals surface area contributed by atoms with Crippen LogP contribution in [-0.2, 0) is 18.5 Å². The van der Waals surface area contributed by atoms with Crippen LogP contribution >= 0.6 is 11.3 Å². The highest BCUT2D eigenvalue weighted by Crippen LogP contribution is 2.34. The van der Waals surface area contributed by atoms with Crippen LogP contribution in [0.1, 0.15) is 42.9 Å². The number of furan rings is 1. The maximum absolute atomic E-state index is 5.65. The second-order valence-corrected chi connectivity index (χ2v) is 7.48. The van der Waals surface area contributed by atoms with Crippen LogP contribution in [0, 0.1) is 6.92 Å². The fourth-order valence-corrected chi connectivity index (χ4v) is 3.48. The van der Waals surface area contributed by atoms with Gasteiger partial charge in [0.25, 0.3) is 0 Å². The number of aromatic nitrogens is 1. The summed E-state index contributed by atoms with van der Waals surface area (Å²) in [5, 5.41) is 4.28. The molecule has 0 aliphatic carbocycles. The monoisotopic (exact) mass is 307 g/mol. The maximum Gasteiger partial charge on any atom is 0.185 e. The Kier molecular flexibility index (Phi) is 4.74. The molecule has 2 aromatic rings. The zero-order valence-electron chi connectivity index (χ0n) is 13.8. The molecule has 5 heteroatoms. The van der Waals surface area contributed by atoms with Crippen LogP contribution in [0.2, 0.25) is 0 Å². The number of hydrogen-bond acceptors (Lipinski definition) is 5. The number of hydrogen-bond donors (Lipinski definition) is 1. The Balaban J connectivity index is 2.22. The molecule has 116 valence electrons. The van der Waals surface area contributed by atoms with Gasteiger partial charge in [0.15, 0.2) is 5.13 Å². The maximum atomic E-state index is 5.65. The largest absolute Gasteiger partial charge is 0.464 e. The van der Waals surface area contributed by atoms with Crippen molar-refractivity contribution in [2.24, 2.45) is 0 Å². The minimum Gasteiger partial charge on any atom is -0.464 e. The van der Waals surface area contributed by atoms with Crippen LogP contribution in [0.4, 0.5) is 5.13 Å². The fraction of sp³-hybridized carbons (Fsp3) is 0.562. The van der Waals surface area contributed by atoms with Crippen molar-refractivity contribution in [3.05, 3.63) is 34.2 Å². The minimum atomic E-state index is 0.0586. The van der Waals surface area contributed by atoms with Gasteiger partial charge < -0.3 is 14.6 Å². The molecule has 0 aliphatic heterocycles. The molecule has 2 heterocycles. The van der Waals surface area contributed by atoms with E-state index in [9.17, 15) is 0 Å². The van der Waals surface area contributed by atoms with Crippen LogP contribution in [0.25, 0.3) is 0 Å². The van der Waals surface area contributed by atoms with Gasteiger partial charge >= 0.3 is 0 Å². The van der Waals surface area contributed by atoms with Crippen LogP contribution < -0.4 is 10.2 Å². The number of thiazole rings is 1. The van der Waals surface area contributed by atoms with E-state index < -0.39 is 0 Å². The number of anilines is 1. The molecule has 0 saturated heterocycles. The lowest BCUT2D eigenvalue weighted by molar-refractivity contribution is 0.481. The molecule has 0 aromatic carbocycles. The first kappa shape index (κ1) is 16.0. The lowest BCUT2D eigenvalue weighted by Gasteiger charge is -2.18. The lowest BCUT2D eigenvalue weighted by atomic mass is 9.91. The Labute approximate surface area is 131 Å². The number of aryl methyl sites for hydroxylation is 1. The first-order valence-electron chi connectivity index (χ1n) is 7.22. The van der Waals surface area contributed by atoms with Crippen molar-refractivity contribution in [3.8, 4) is 0 Å². The normalized spacial score (nSPS) is 11.9. The number of nitrogens with zero attached hydrogens (tertiary/aromatic N) is 2. The standard InChI is InChI=1S/C16H25N3OS/c1-11-7-8-12(20-11)10-19(6)15-18-14(16(2,3)4)13(21-15)9-17-5/h7-8,17H,9-10H2,1-6H3. The van der Waals surface area contributed by atoms with E-state index in [2.05, 4.69) is 38.0 Å². The molecule has 0 bridgehead atoms. The van der Waals surface area contributed by atoms with Crippen molar-refractivity contribution in [2.45, 2.75) is 46.2 Å². The van der Waals surface area contributed by atoms with Gasteiger partial charge in [0.1, 0.15) is 11.5 Å². The van der Waals surface area contributed by atoms with Crippen molar-refractivity contribution in [2.75, 3.05) is 19.0 Å². The average Bonchev–Trinajstić information content (AvgIpc) is 2.96.